The number of furan rings is 1. The van der Waals surface area contributed by atoms with E-state index in [0.29, 0.717) is 38.8 Å². The molecule has 0 fully saturated rings. The van der Waals surface area contributed by atoms with Gasteiger partial charge in [-0.15, -0.1) is 0 Å². The van der Waals surface area contributed by atoms with Crippen LogP contribution in [-0.2, 0) is 0 Å². The van der Waals surface area contributed by atoms with Crippen LogP contribution >= 0.6 is 0 Å². The molecule has 1 aromatic heterocycles. The van der Waals surface area contributed by atoms with E-state index in [2.05, 4.69) is 0 Å². The highest BCUT2D eigenvalue weighted by Gasteiger charge is 2.23. The van der Waals surface area contributed by atoms with Gasteiger partial charge in [0.1, 0.15) is 11.2 Å². The molecule has 0 bridgehead atoms. The van der Waals surface area contributed by atoms with E-state index >= 15 is 0 Å². The highest BCUT2D eigenvalue weighted by atomic mass is 16.3. The number of para-hydroxylation sites is 1. The van der Waals surface area contributed by atoms with Crippen molar-refractivity contribution in [1.82, 2.24) is 0 Å². The highest BCUT2D eigenvalue weighted by molar-refractivity contribution is 6.27. The number of fused-ring (bicyclic) bond motifs is 5. The van der Waals surface area contributed by atoms with Crippen LogP contribution in [0, 0.1) is 0 Å². The third-order valence-electron chi connectivity index (χ3n) is 7.32. The fraction of sp³-hybridized carbons (Fsp3) is 0. The summed E-state index contributed by atoms with van der Waals surface area (Å²) < 4.78 is 78.6. The van der Waals surface area contributed by atoms with Gasteiger partial charge >= 0.3 is 0 Å². The average Bonchev–Trinajstić information content (AvgIpc) is 3.49. The first-order valence-electron chi connectivity index (χ1n) is 16.7. The molecule has 182 valence electrons. The summed E-state index contributed by atoms with van der Waals surface area (Å²) >= 11 is 0. The van der Waals surface area contributed by atoms with Gasteiger partial charge in [-0.25, -0.2) is 0 Å². The predicted octanol–water partition coefficient (Wildman–Crippen LogP) is 10.9. The highest BCUT2D eigenvalue weighted by Crippen LogP contribution is 2.49. The molecule has 1 heteroatoms. The number of hydrogen-bond acceptors (Lipinski definition) is 1. The van der Waals surface area contributed by atoms with Gasteiger partial charge in [-0.3, -0.25) is 0 Å². The largest absolute Gasteiger partial charge is 0.456 e. The Morgan fingerprint density at radius 3 is 1.59 bits per heavy atom. The normalized spacial score (nSPS) is 14.5. The molecule has 1 heterocycles. The number of rotatable bonds is 3. The molecule has 0 radical (unpaired) electrons. The first kappa shape index (κ1) is 15.3. The topological polar surface area (TPSA) is 13.1 Å². The van der Waals surface area contributed by atoms with Crippen LogP contribution in [0.4, 0.5) is 0 Å². The van der Waals surface area contributed by atoms with E-state index in [4.69, 9.17) is 9.90 Å². The van der Waals surface area contributed by atoms with Crippen LogP contribution in [0.25, 0.3) is 76.9 Å². The summed E-state index contributed by atoms with van der Waals surface area (Å²) in [6.45, 7) is 0. The molecular weight excluding hydrogens is 472 g/mol. The lowest BCUT2D eigenvalue weighted by Crippen LogP contribution is -1.93. The Bertz CT molecular complexity index is 2510. The van der Waals surface area contributed by atoms with Crippen molar-refractivity contribution in [2.75, 3.05) is 0 Å². The average molecular weight is 505 g/mol. The van der Waals surface area contributed by atoms with Crippen molar-refractivity contribution in [1.29, 1.82) is 0 Å². The molecule has 0 atom stereocenters. The quantitative estimate of drug-likeness (QED) is 0.218. The molecule has 0 aliphatic heterocycles. The summed E-state index contributed by atoms with van der Waals surface area (Å²) in [7, 11) is 0. The van der Waals surface area contributed by atoms with Crippen LogP contribution in [0.15, 0.2) is 150 Å². The van der Waals surface area contributed by atoms with Crippen molar-refractivity contribution in [2.45, 2.75) is 0 Å². The molecule has 8 rings (SSSR count). The van der Waals surface area contributed by atoms with Crippen LogP contribution in [0.3, 0.4) is 0 Å². The van der Waals surface area contributed by atoms with Gasteiger partial charge in [0.2, 0.25) is 0 Å². The molecule has 8 aromatic rings. The minimum absolute atomic E-state index is 0.169. The van der Waals surface area contributed by atoms with Crippen molar-refractivity contribution >= 4 is 43.5 Å². The van der Waals surface area contributed by atoms with Crippen LogP contribution < -0.4 is 0 Å². The van der Waals surface area contributed by atoms with E-state index in [0.717, 1.165) is 16.5 Å². The SMILES string of the molecule is [2H]c1c([2H])c([2H])c2c(-c3c(-c4ccccc4)ccc4oc5ccccc5c34)c3c([2H])c([2H])c([2H])c([2H])c3c(-c3ccccc3)c2c1[2H]. The summed E-state index contributed by atoms with van der Waals surface area (Å²) in [4.78, 5) is 0. The zero-order chi connectivity index (χ0) is 32.7. The predicted molar refractivity (Wildman–Crippen MR) is 165 cm³/mol. The molecule has 0 spiro atoms. The Balaban J connectivity index is 1.78. The van der Waals surface area contributed by atoms with Crippen LogP contribution in [0.5, 0.6) is 0 Å². The third kappa shape index (κ3) is 3.34. The van der Waals surface area contributed by atoms with Crippen molar-refractivity contribution in [2.24, 2.45) is 0 Å². The van der Waals surface area contributed by atoms with Gasteiger partial charge in [0, 0.05) is 16.3 Å². The fourth-order valence-electron chi connectivity index (χ4n) is 5.70. The smallest absolute Gasteiger partial charge is 0.136 e. The maximum atomic E-state index is 9.37. The van der Waals surface area contributed by atoms with E-state index in [1.54, 1.807) is 24.3 Å². The van der Waals surface area contributed by atoms with Crippen molar-refractivity contribution in [3.8, 4) is 33.4 Å². The van der Waals surface area contributed by atoms with E-state index < -0.39 is 24.2 Å². The van der Waals surface area contributed by atoms with Crippen molar-refractivity contribution in [3.05, 3.63) is 145 Å². The van der Waals surface area contributed by atoms with Gasteiger partial charge in [0.15, 0.2) is 0 Å². The number of benzene rings is 7. The first-order chi connectivity index (χ1) is 22.7. The minimum atomic E-state index is -0.437. The third-order valence-corrected chi connectivity index (χ3v) is 7.32. The molecule has 0 amide bonds. The van der Waals surface area contributed by atoms with Gasteiger partial charge < -0.3 is 4.42 Å². The van der Waals surface area contributed by atoms with Crippen molar-refractivity contribution < 1.29 is 15.4 Å². The lowest BCUT2D eigenvalue weighted by molar-refractivity contribution is 0.669. The first-order valence-corrected chi connectivity index (χ1v) is 12.7. The Morgan fingerprint density at radius 2 is 0.949 bits per heavy atom. The van der Waals surface area contributed by atoms with E-state index in [-0.39, 0.29) is 45.7 Å². The van der Waals surface area contributed by atoms with Gasteiger partial charge in [0.05, 0.1) is 11.0 Å². The fourth-order valence-corrected chi connectivity index (χ4v) is 5.70. The maximum Gasteiger partial charge on any atom is 0.136 e. The summed E-state index contributed by atoms with van der Waals surface area (Å²) in [6, 6.07) is 27.0. The van der Waals surface area contributed by atoms with Crippen LogP contribution in [-0.4, -0.2) is 0 Å². The summed E-state index contributed by atoms with van der Waals surface area (Å²) in [5.41, 5.74) is 4.45. The lowest BCUT2D eigenvalue weighted by Gasteiger charge is -2.20. The van der Waals surface area contributed by atoms with Gasteiger partial charge in [0.25, 0.3) is 0 Å². The molecular formula is C38H24O. The zero-order valence-electron chi connectivity index (χ0n) is 28.6. The van der Waals surface area contributed by atoms with E-state index in [1.807, 2.05) is 72.8 Å². The van der Waals surface area contributed by atoms with E-state index in [1.165, 1.54) is 0 Å². The second kappa shape index (κ2) is 8.72. The molecule has 0 N–H and O–H groups in total. The monoisotopic (exact) mass is 504 g/mol. The van der Waals surface area contributed by atoms with Gasteiger partial charge in [-0.1, -0.05) is 133 Å². The molecule has 0 aliphatic rings. The lowest BCUT2D eigenvalue weighted by atomic mass is 9.82. The Hall–Kier alpha value is -5.14. The summed E-state index contributed by atoms with van der Waals surface area (Å²) in [6.07, 6.45) is 0. The van der Waals surface area contributed by atoms with E-state index in [9.17, 15) is 5.48 Å². The molecule has 0 saturated carbocycles. The summed E-state index contributed by atoms with van der Waals surface area (Å²) in [5, 5.41) is 2.14. The van der Waals surface area contributed by atoms with Crippen LogP contribution in [0.1, 0.15) is 11.0 Å². The number of hydrogen-bond donors (Lipinski definition) is 0. The summed E-state index contributed by atoms with van der Waals surface area (Å²) in [5.74, 6) is 0. The second-order valence-electron chi connectivity index (χ2n) is 9.44. The van der Waals surface area contributed by atoms with Gasteiger partial charge in [-0.2, -0.15) is 0 Å². The molecule has 1 nitrogen and oxygen atoms in total. The van der Waals surface area contributed by atoms with Gasteiger partial charge in [-0.05, 0) is 61.5 Å². The Labute approximate surface area is 237 Å². The van der Waals surface area contributed by atoms with Crippen LogP contribution in [0.2, 0.25) is 0 Å². The maximum absolute atomic E-state index is 9.37. The standard InChI is InChI=1S/C38H24O/c1-3-13-25(14-4-1)27-23-24-34-37(32-21-11-12-22-33(32)39-34)38(27)36-30-19-9-7-17-28(30)35(26-15-5-2-6-16-26)29-18-8-10-20-31(29)36/h1-24H/i7D,8D,9D,10D,17D,18D,19D,20D. The molecule has 39 heavy (non-hydrogen) atoms. The molecule has 0 unspecified atom stereocenters. The van der Waals surface area contributed by atoms with Crippen molar-refractivity contribution in [3.63, 3.8) is 0 Å². The minimum Gasteiger partial charge on any atom is -0.456 e. The second-order valence-corrected chi connectivity index (χ2v) is 9.44. The Morgan fingerprint density at radius 1 is 0.410 bits per heavy atom. The molecule has 0 aliphatic carbocycles. The molecule has 7 aromatic carbocycles. The Kier molecular flexibility index (Phi) is 3.42. The molecule has 0 saturated heterocycles. The zero-order valence-corrected chi connectivity index (χ0v) is 20.6.